The Kier molecular flexibility index (Phi) is 9.46. The van der Waals surface area contributed by atoms with Gasteiger partial charge in [-0.25, -0.2) is 13.2 Å². The second kappa shape index (κ2) is 12.5. The summed E-state index contributed by atoms with van der Waals surface area (Å²) in [5.74, 6) is -8.98. The Bertz CT molecular complexity index is 1650. The Balaban J connectivity index is 1.52. The highest BCUT2D eigenvalue weighted by Crippen LogP contribution is 2.65. The lowest BCUT2D eigenvalue weighted by Gasteiger charge is -2.15. The van der Waals surface area contributed by atoms with E-state index in [1.807, 2.05) is 5.32 Å². The maximum Gasteiger partial charge on any atom is 0.419 e. The molecular weight excluding hydrogens is 663 g/mol. The van der Waals surface area contributed by atoms with Crippen LogP contribution in [0.5, 0.6) is 0 Å². The molecule has 3 amide bonds. The number of hydrogen-bond acceptors (Lipinski definition) is 4. The van der Waals surface area contributed by atoms with E-state index in [9.17, 15) is 36.3 Å². The lowest BCUT2D eigenvalue weighted by atomic mass is 10.0. The molecule has 1 aliphatic rings. The molecule has 1 saturated carbocycles. The van der Waals surface area contributed by atoms with Gasteiger partial charge in [-0.3, -0.25) is 14.4 Å². The Morgan fingerprint density at radius 2 is 1.59 bits per heavy atom. The summed E-state index contributed by atoms with van der Waals surface area (Å²) in [6, 6.07) is 7.50. The first-order valence-electron chi connectivity index (χ1n) is 12.4. The second-order valence-corrected chi connectivity index (χ2v) is 11.5. The zero-order valence-corrected chi connectivity index (χ0v) is 24.7. The molecule has 0 radical (unpaired) electrons. The highest BCUT2D eigenvalue weighted by Gasteiger charge is 2.67. The highest BCUT2D eigenvalue weighted by molar-refractivity contribution is 6.53. The maximum atomic E-state index is 15.0. The van der Waals surface area contributed by atoms with Crippen LogP contribution in [0.1, 0.15) is 34.3 Å². The topological polar surface area (TPSA) is 96.5 Å². The monoisotopic (exact) mass is 681 g/mol. The number of hydrogen-bond donors (Lipinski definition) is 3. The normalized spacial score (nSPS) is 17.9. The van der Waals surface area contributed by atoms with Crippen LogP contribution in [0.2, 0.25) is 5.02 Å². The summed E-state index contributed by atoms with van der Waals surface area (Å²) in [5.41, 5.74) is -3.30. The number of benzene rings is 3. The molecule has 0 saturated heterocycles. The minimum atomic E-state index is -5.00. The molecule has 0 bridgehead atoms. The second-order valence-electron chi connectivity index (χ2n) is 9.66. The first kappa shape index (κ1) is 33.4. The number of nitrogens with one attached hydrogen (secondary N) is 3. The van der Waals surface area contributed by atoms with Gasteiger partial charge >= 0.3 is 6.18 Å². The lowest BCUT2D eigenvalue weighted by Crippen LogP contribution is -2.27. The van der Waals surface area contributed by atoms with Gasteiger partial charge < -0.3 is 20.7 Å². The van der Waals surface area contributed by atoms with Gasteiger partial charge in [0.25, 0.3) is 11.8 Å². The zero-order chi connectivity index (χ0) is 32.7. The Hall–Kier alpha value is -3.52. The maximum absolute atomic E-state index is 15.0. The third-order valence-electron chi connectivity index (χ3n) is 6.78. The van der Waals surface area contributed by atoms with Gasteiger partial charge in [-0.1, -0.05) is 17.7 Å². The van der Waals surface area contributed by atoms with Crippen molar-refractivity contribution in [2.24, 2.45) is 5.92 Å². The van der Waals surface area contributed by atoms with Gasteiger partial charge in [0.2, 0.25) is 5.91 Å². The summed E-state index contributed by atoms with van der Waals surface area (Å²) >= 11 is 18.6. The summed E-state index contributed by atoms with van der Waals surface area (Å²) < 4.78 is 85.6. The van der Waals surface area contributed by atoms with Gasteiger partial charge in [0.1, 0.15) is 27.8 Å². The van der Waals surface area contributed by atoms with E-state index in [1.165, 1.54) is 26.2 Å². The number of methoxy groups -OCH3 is 1. The molecule has 3 N–H and O–H groups in total. The summed E-state index contributed by atoms with van der Waals surface area (Å²) in [6.45, 7) is 1.35. The number of anilines is 3. The molecule has 1 aliphatic carbocycles. The van der Waals surface area contributed by atoms with E-state index < -0.39 is 80.6 Å². The molecule has 3 aromatic rings. The highest BCUT2D eigenvalue weighted by atomic mass is 35.5. The van der Waals surface area contributed by atoms with Gasteiger partial charge in [0, 0.05) is 18.7 Å². The molecule has 0 unspecified atom stereocenters. The fourth-order valence-electron chi connectivity index (χ4n) is 4.30. The fraction of sp³-hybridized carbons (Fsp3) is 0.250. The van der Waals surface area contributed by atoms with E-state index >= 15 is 4.39 Å². The summed E-state index contributed by atoms with van der Waals surface area (Å²) in [5, 5.41) is 6.55. The van der Waals surface area contributed by atoms with E-state index in [0.717, 1.165) is 24.3 Å². The summed E-state index contributed by atoms with van der Waals surface area (Å²) in [6.07, 6.45) is -6.03. The SMILES string of the molecule is CO[C@@H](C)C(=O)Nc1c(F)ccc(NC(=O)c2cc(NC(=O)[C@H]3[C@H](c4ccc(F)c(C(F)(F)F)c4)C3(Cl)Cl)ccc2Cl)c1F. The van der Waals surface area contributed by atoms with Crippen LogP contribution in [0.15, 0.2) is 48.5 Å². The lowest BCUT2D eigenvalue weighted by molar-refractivity contribution is -0.140. The molecule has 4 rings (SSSR count). The van der Waals surface area contributed by atoms with E-state index in [0.29, 0.717) is 12.1 Å². The minimum Gasteiger partial charge on any atom is -0.372 e. The standard InChI is InChI=1S/C28H20Cl3F6N3O4/c1-11(44-2)24(41)40-23-18(33)7-8-19(22(23)34)39-25(42)14-10-13(4-5-16(14)29)38-26(43)21-20(27(21,30)31)12-3-6-17(32)15(9-12)28(35,36)37/h3-11,20-21H,1-2H3,(H,38,43)(H,39,42)(H,40,41)/t11-,20-,21+/m0/s1. The van der Waals surface area contributed by atoms with Gasteiger partial charge in [-0.2, -0.15) is 13.2 Å². The van der Waals surface area contributed by atoms with Gasteiger partial charge in [0.15, 0.2) is 5.82 Å². The van der Waals surface area contributed by atoms with Crippen molar-refractivity contribution in [2.75, 3.05) is 23.1 Å². The Morgan fingerprint density at radius 1 is 0.932 bits per heavy atom. The largest absolute Gasteiger partial charge is 0.419 e. The molecule has 16 heteroatoms. The van der Waals surface area contributed by atoms with E-state index in [2.05, 4.69) is 10.6 Å². The van der Waals surface area contributed by atoms with E-state index in [-0.39, 0.29) is 21.8 Å². The first-order valence-corrected chi connectivity index (χ1v) is 13.6. The quantitative estimate of drug-likeness (QED) is 0.169. The van der Waals surface area contributed by atoms with Crippen LogP contribution in [0, 0.1) is 23.4 Å². The van der Waals surface area contributed by atoms with Crippen molar-refractivity contribution in [3.8, 4) is 0 Å². The van der Waals surface area contributed by atoms with Gasteiger partial charge in [0.05, 0.1) is 27.8 Å². The van der Waals surface area contributed by atoms with Crippen LogP contribution >= 0.6 is 34.8 Å². The summed E-state index contributed by atoms with van der Waals surface area (Å²) in [7, 11) is 1.22. The molecule has 44 heavy (non-hydrogen) atoms. The number of alkyl halides is 5. The van der Waals surface area contributed by atoms with Crippen molar-refractivity contribution in [3.05, 3.63) is 87.7 Å². The molecule has 1 fully saturated rings. The molecule has 0 spiro atoms. The number of carbonyl (C=O) groups excluding carboxylic acids is 3. The van der Waals surface area contributed by atoms with Gasteiger partial charge in [-0.05, 0) is 55.0 Å². The van der Waals surface area contributed by atoms with Crippen molar-refractivity contribution in [2.45, 2.75) is 29.5 Å². The van der Waals surface area contributed by atoms with Crippen LogP contribution in [0.4, 0.5) is 43.4 Å². The molecular formula is C28H20Cl3F6N3O4. The Morgan fingerprint density at radius 3 is 2.23 bits per heavy atom. The molecule has 3 aromatic carbocycles. The van der Waals surface area contributed by atoms with Crippen molar-refractivity contribution < 1.29 is 45.5 Å². The molecule has 0 aliphatic heterocycles. The van der Waals surface area contributed by atoms with Crippen molar-refractivity contribution in [3.63, 3.8) is 0 Å². The zero-order valence-electron chi connectivity index (χ0n) is 22.4. The molecule has 234 valence electrons. The predicted molar refractivity (Wildman–Crippen MR) is 152 cm³/mol. The minimum absolute atomic E-state index is 0.0181. The van der Waals surface area contributed by atoms with Crippen LogP contribution in [0.25, 0.3) is 0 Å². The number of rotatable bonds is 8. The van der Waals surface area contributed by atoms with Crippen molar-refractivity contribution in [1.29, 1.82) is 0 Å². The predicted octanol–water partition coefficient (Wildman–Crippen LogP) is 7.53. The number of carbonyl (C=O) groups is 3. The van der Waals surface area contributed by atoms with Crippen LogP contribution in [-0.2, 0) is 20.5 Å². The molecule has 3 atom stereocenters. The average molecular weight is 683 g/mol. The van der Waals surface area contributed by atoms with Crippen LogP contribution in [-0.4, -0.2) is 35.3 Å². The van der Waals surface area contributed by atoms with E-state index in [1.54, 1.807) is 0 Å². The number of halogens is 9. The molecule has 7 nitrogen and oxygen atoms in total. The number of ether oxygens (including phenoxy) is 1. The Labute approximate surface area is 260 Å². The number of amides is 3. The summed E-state index contributed by atoms with van der Waals surface area (Å²) in [4.78, 5) is 38.0. The van der Waals surface area contributed by atoms with Gasteiger partial charge in [-0.15, -0.1) is 23.2 Å². The smallest absolute Gasteiger partial charge is 0.372 e. The fourth-order valence-corrected chi connectivity index (χ4v) is 5.33. The third-order valence-corrected chi connectivity index (χ3v) is 8.05. The third kappa shape index (κ3) is 6.75. The van der Waals surface area contributed by atoms with Crippen molar-refractivity contribution >= 4 is 69.6 Å². The first-order chi connectivity index (χ1) is 20.5. The van der Waals surface area contributed by atoms with Crippen LogP contribution < -0.4 is 16.0 Å². The van der Waals surface area contributed by atoms with Crippen molar-refractivity contribution in [1.82, 2.24) is 0 Å². The molecule has 0 heterocycles. The average Bonchev–Trinajstić information content (AvgIpc) is 3.54. The van der Waals surface area contributed by atoms with Crippen LogP contribution in [0.3, 0.4) is 0 Å². The molecule has 0 aromatic heterocycles. The van der Waals surface area contributed by atoms with E-state index in [4.69, 9.17) is 39.5 Å².